The van der Waals surface area contributed by atoms with Crippen molar-refractivity contribution in [1.82, 2.24) is 10.3 Å². The number of pyridine rings is 1. The molecule has 134 valence electrons. The number of nitrogens with one attached hydrogen (secondary N) is 1. The highest BCUT2D eigenvalue weighted by molar-refractivity contribution is 6.18. The maximum atomic E-state index is 12.0. The zero-order valence-corrected chi connectivity index (χ0v) is 15.1. The number of nitriles is 1. The highest BCUT2D eigenvalue weighted by atomic mass is 16.1. The zero-order chi connectivity index (χ0) is 19.1. The standard InChI is InChI=1S/C23H21N3O/c1-17(23(27)25-16-4-15-24)19-10-7-18(8-11-19)9-13-21-14-12-20-5-2-3-6-22(20)26-21/h2-3,5-8,10-12,14H,1,4,9,13,16H2,(H,25,27). The Hall–Kier alpha value is -3.45. The summed E-state index contributed by atoms with van der Waals surface area (Å²) in [5, 5.41) is 12.4. The second-order valence-electron chi connectivity index (χ2n) is 6.33. The van der Waals surface area contributed by atoms with Crippen LogP contribution in [0.15, 0.2) is 67.2 Å². The van der Waals surface area contributed by atoms with E-state index in [1.807, 2.05) is 48.5 Å². The van der Waals surface area contributed by atoms with Crippen LogP contribution in [0.3, 0.4) is 0 Å². The molecule has 0 aliphatic heterocycles. The molecule has 27 heavy (non-hydrogen) atoms. The number of aryl methyl sites for hydroxylation is 2. The molecule has 1 aromatic heterocycles. The summed E-state index contributed by atoms with van der Waals surface area (Å²) >= 11 is 0. The van der Waals surface area contributed by atoms with Crippen LogP contribution < -0.4 is 5.32 Å². The molecule has 1 amide bonds. The van der Waals surface area contributed by atoms with Gasteiger partial charge in [-0.2, -0.15) is 5.26 Å². The van der Waals surface area contributed by atoms with Crippen molar-refractivity contribution in [3.05, 3.63) is 84.1 Å². The van der Waals surface area contributed by atoms with Gasteiger partial charge in [0.25, 0.3) is 5.91 Å². The first-order valence-electron chi connectivity index (χ1n) is 8.95. The van der Waals surface area contributed by atoms with Crippen LogP contribution in [0.5, 0.6) is 0 Å². The molecule has 1 heterocycles. The van der Waals surface area contributed by atoms with E-state index in [4.69, 9.17) is 10.2 Å². The van der Waals surface area contributed by atoms with Gasteiger partial charge in [0.2, 0.25) is 0 Å². The summed E-state index contributed by atoms with van der Waals surface area (Å²) in [4.78, 5) is 16.7. The van der Waals surface area contributed by atoms with Crippen molar-refractivity contribution in [2.75, 3.05) is 6.54 Å². The van der Waals surface area contributed by atoms with Crippen LogP contribution in [0.1, 0.15) is 23.2 Å². The lowest BCUT2D eigenvalue weighted by Gasteiger charge is -2.08. The number of fused-ring (bicyclic) bond motifs is 1. The topological polar surface area (TPSA) is 65.8 Å². The second kappa shape index (κ2) is 8.77. The average molecular weight is 355 g/mol. The minimum atomic E-state index is -0.238. The average Bonchev–Trinajstić information content (AvgIpc) is 2.72. The van der Waals surface area contributed by atoms with Crippen LogP contribution >= 0.6 is 0 Å². The van der Waals surface area contributed by atoms with Crippen LogP contribution in [0.4, 0.5) is 0 Å². The summed E-state index contributed by atoms with van der Waals surface area (Å²) in [6.07, 6.45) is 2.03. The maximum absolute atomic E-state index is 12.0. The molecule has 0 radical (unpaired) electrons. The Morgan fingerprint density at radius 1 is 1.04 bits per heavy atom. The first kappa shape index (κ1) is 18.3. The van der Waals surface area contributed by atoms with E-state index in [1.165, 1.54) is 5.56 Å². The molecule has 4 nitrogen and oxygen atoms in total. The summed E-state index contributed by atoms with van der Waals surface area (Å²) in [6, 6.07) is 22.1. The number of carbonyl (C=O) groups excluding carboxylic acids is 1. The molecule has 0 atom stereocenters. The molecule has 3 aromatic rings. The lowest BCUT2D eigenvalue weighted by atomic mass is 10.0. The Bertz CT molecular complexity index is 1000. The van der Waals surface area contributed by atoms with Gasteiger partial charge in [-0.15, -0.1) is 0 Å². The van der Waals surface area contributed by atoms with Crippen molar-refractivity contribution < 1.29 is 4.79 Å². The fraction of sp³-hybridized carbons (Fsp3) is 0.174. The second-order valence-corrected chi connectivity index (χ2v) is 6.33. The van der Waals surface area contributed by atoms with Gasteiger partial charge in [-0.1, -0.05) is 55.1 Å². The number of rotatable bonds is 7. The van der Waals surface area contributed by atoms with Gasteiger partial charge in [0.05, 0.1) is 18.0 Å². The SMILES string of the molecule is C=C(C(=O)NCCC#N)c1ccc(CCc2ccc3ccccc3n2)cc1. The summed E-state index contributed by atoms with van der Waals surface area (Å²) in [6.45, 7) is 4.19. The maximum Gasteiger partial charge on any atom is 0.251 e. The minimum Gasteiger partial charge on any atom is -0.351 e. The summed E-state index contributed by atoms with van der Waals surface area (Å²) < 4.78 is 0. The van der Waals surface area contributed by atoms with E-state index in [0.717, 1.165) is 35.0 Å². The Balaban J connectivity index is 1.59. The number of para-hydroxylation sites is 1. The normalized spacial score (nSPS) is 10.3. The lowest BCUT2D eigenvalue weighted by molar-refractivity contribution is -0.115. The third-order valence-corrected chi connectivity index (χ3v) is 4.42. The number of hydrogen-bond acceptors (Lipinski definition) is 3. The largest absolute Gasteiger partial charge is 0.351 e. The van der Waals surface area contributed by atoms with Crippen molar-refractivity contribution in [3.63, 3.8) is 0 Å². The fourth-order valence-electron chi connectivity index (χ4n) is 2.86. The molecule has 2 aromatic carbocycles. The van der Waals surface area contributed by atoms with E-state index in [9.17, 15) is 4.79 Å². The third kappa shape index (κ3) is 4.80. The van der Waals surface area contributed by atoms with Gasteiger partial charge in [0.1, 0.15) is 0 Å². The van der Waals surface area contributed by atoms with E-state index >= 15 is 0 Å². The smallest absolute Gasteiger partial charge is 0.251 e. The summed E-state index contributed by atoms with van der Waals surface area (Å²) in [7, 11) is 0. The van der Waals surface area contributed by atoms with E-state index in [2.05, 4.69) is 30.1 Å². The third-order valence-electron chi connectivity index (χ3n) is 4.42. The van der Waals surface area contributed by atoms with Crippen LogP contribution in [0, 0.1) is 11.3 Å². The van der Waals surface area contributed by atoms with Crippen LogP contribution in [0.25, 0.3) is 16.5 Å². The van der Waals surface area contributed by atoms with Gasteiger partial charge < -0.3 is 5.32 Å². The van der Waals surface area contributed by atoms with Gasteiger partial charge in [-0.05, 0) is 36.1 Å². The molecular weight excluding hydrogens is 334 g/mol. The molecule has 0 aliphatic rings. The highest BCUT2D eigenvalue weighted by Gasteiger charge is 2.09. The predicted molar refractivity (Wildman–Crippen MR) is 108 cm³/mol. The Morgan fingerprint density at radius 2 is 1.81 bits per heavy atom. The molecular formula is C23H21N3O. The quantitative estimate of drug-likeness (QED) is 0.513. The number of hydrogen-bond donors (Lipinski definition) is 1. The number of aromatic nitrogens is 1. The van der Waals surface area contributed by atoms with Gasteiger partial charge in [0, 0.05) is 23.2 Å². The number of benzene rings is 2. The first-order chi connectivity index (χ1) is 13.2. The van der Waals surface area contributed by atoms with Gasteiger partial charge in [0.15, 0.2) is 0 Å². The number of nitrogens with zero attached hydrogens (tertiary/aromatic N) is 2. The number of amides is 1. The van der Waals surface area contributed by atoms with Crippen molar-refractivity contribution >= 4 is 22.4 Å². The van der Waals surface area contributed by atoms with Crippen molar-refractivity contribution in [2.45, 2.75) is 19.3 Å². The van der Waals surface area contributed by atoms with E-state index in [1.54, 1.807) is 0 Å². The van der Waals surface area contributed by atoms with Crippen LogP contribution in [-0.4, -0.2) is 17.4 Å². The molecule has 0 aliphatic carbocycles. The Labute approximate surface area is 159 Å². The first-order valence-corrected chi connectivity index (χ1v) is 8.95. The molecule has 0 unspecified atom stereocenters. The van der Waals surface area contributed by atoms with Gasteiger partial charge in [-0.25, -0.2) is 0 Å². The van der Waals surface area contributed by atoms with Crippen molar-refractivity contribution in [2.24, 2.45) is 0 Å². The van der Waals surface area contributed by atoms with Crippen LogP contribution in [-0.2, 0) is 17.6 Å². The summed E-state index contributed by atoms with van der Waals surface area (Å²) in [5.41, 5.74) is 4.47. The summed E-state index contributed by atoms with van der Waals surface area (Å²) in [5.74, 6) is -0.238. The van der Waals surface area contributed by atoms with Crippen LogP contribution in [0.2, 0.25) is 0 Å². The lowest BCUT2D eigenvalue weighted by Crippen LogP contribution is -2.24. The Morgan fingerprint density at radius 3 is 2.59 bits per heavy atom. The Kier molecular flexibility index (Phi) is 5.96. The van der Waals surface area contributed by atoms with Gasteiger partial charge in [-0.3, -0.25) is 9.78 Å². The highest BCUT2D eigenvalue weighted by Crippen LogP contribution is 2.16. The molecule has 0 saturated heterocycles. The fourth-order valence-corrected chi connectivity index (χ4v) is 2.86. The van der Waals surface area contributed by atoms with E-state index < -0.39 is 0 Å². The van der Waals surface area contributed by atoms with E-state index in [-0.39, 0.29) is 5.91 Å². The number of carbonyl (C=O) groups is 1. The molecule has 1 N–H and O–H groups in total. The molecule has 3 rings (SSSR count). The predicted octanol–water partition coefficient (Wildman–Crippen LogP) is 4.06. The zero-order valence-electron chi connectivity index (χ0n) is 15.1. The molecule has 0 bridgehead atoms. The molecule has 0 fully saturated rings. The molecule has 4 heteroatoms. The monoisotopic (exact) mass is 355 g/mol. The van der Waals surface area contributed by atoms with E-state index in [0.29, 0.717) is 18.5 Å². The molecule has 0 saturated carbocycles. The van der Waals surface area contributed by atoms with Crippen molar-refractivity contribution in [3.8, 4) is 6.07 Å². The van der Waals surface area contributed by atoms with Crippen molar-refractivity contribution in [1.29, 1.82) is 5.26 Å². The van der Waals surface area contributed by atoms with Gasteiger partial charge >= 0.3 is 0 Å². The molecule has 0 spiro atoms. The minimum absolute atomic E-state index is 0.238.